The predicted octanol–water partition coefficient (Wildman–Crippen LogP) is 4.44. The molecule has 8 heteroatoms. The lowest BCUT2D eigenvalue weighted by Gasteiger charge is -2.06. The molecular formula is C19H15Cl2N5O. The Labute approximate surface area is 165 Å². The van der Waals surface area contributed by atoms with Gasteiger partial charge in [-0.2, -0.15) is 5.10 Å². The van der Waals surface area contributed by atoms with Gasteiger partial charge in [0.1, 0.15) is 11.6 Å². The van der Waals surface area contributed by atoms with Crippen LogP contribution in [0.15, 0.2) is 48.7 Å². The van der Waals surface area contributed by atoms with Gasteiger partial charge in [0.2, 0.25) is 0 Å². The first-order valence-electron chi connectivity index (χ1n) is 8.13. The van der Waals surface area contributed by atoms with Gasteiger partial charge in [0.15, 0.2) is 11.5 Å². The zero-order chi connectivity index (χ0) is 19.0. The smallest absolute Gasteiger partial charge is 0.186 e. The van der Waals surface area contributed by atoms with Gasteiger partial charge in [-0.1, -0.05) is 29.3 Å². The van der Waals surface area contributed by atoms with Crippen molar-refractivity contribution in [2.24, 2.45) is 0 Å². The van der Waals surface area contributed by atoms with Crippen LogP contribution >= 0.6 is 23.2 Å². The van der Waals surface area contributed by atoms with Gasteiger partial charge in [0.25, 0.3) is 0 Å². The minimum atomic E-state index is 0.363. The number of nitrogens with zero attached hydrogens (tertiary/aromatic N) is 4. The fourth-order valence-corrected chi connectivity index (χ4v) is 3.29. The summed E-state index contributed by atoms with van der Waals surface area (Å²) >= 11 is 12.5. The molecule has 27 heavy (non-hydrogen) atoms. The van der Waals surface area contributed by atoms with E-state index in [0.29, 0.717) is 39.3 Å². The van der Waals surface area contributed by atoms with Gasteiger partial charge < -0.3 is 10.5 Å². The van der Waals surface area contributed by atoms with E-state index in [9.17, 15) is 0 Å². The standard InChI is InChI=1S/C19H15Cl2N5O/c1-27-12-7-5-11(6-8-12)18-23-17(22)14-10-26(25-19(14)24-18)9-13-15(20)3-2-4-16(13)21/h2-8,10H,9H2,1H3,(H2,22,23,24,25). The first kappa shape index (κ1) is 17.6. The number of aromatic nitrogens is 4. The second-order valence-electron chi connectivity index (χ2n) is 5.93. The van der Waals surface area contributed by atoms with Gasteiger partial charge in [0, 0.05) is 27.4 Å². The van der Waals surface area contributed by atoms with Crippen molar-refractivity contribution in [2.75, 3.05) is 12.8 Å². The summed E-state index contributed by atoms with van der Waals surface area (Å²) in [4.78, 5) is 8.94. The Morgan fingerprint density at radius 1 is 1.04 bits per heavy atom. The molecule has 2 heterocycles. The summed E-state index contributed by atoms with van der Waals surface area (Å²) in [5, 5.41) is 6.36. The molecular weight excluding hydrogens is 385 g/mol. The molecule has 0 aliphatic heterocycles. The molecule has 2 aromatic carbocycles. The Morgan fingerprint density at radius 3 is 2.41 bits per heavy atom. The summed E-state index contributed by atoms with van der Waals surface area (Å²) in [6, 6.07) is 12.8. The number of nitrogen functional groups attached to an aromatic ring is 1. The largest absolute Gasteiger partial charge is 0.497 e. The molecule has 0 saturated heterocycles. The highest BCUT2D eigenvalue weighted by Gasteiger charge is 2.13. The Balaban J connectivity index is 1.73. The molecule has 2 N–H and O–H groups in total. The molecule has 0 unspecified atom stereocenters. The molecule has 0 bridgehead atoms. The van der Waals surface area contributed by atoms with E-state index in [-0.39, 0.29) is 0 Å². The maximum Gasteiger partial charge on any atom is 0.186 e. The van der Waals surface area contributed by atoms with Crippen LogP contribution in [-0.2, 0) is 6.54 Å². The number of hydrogen-bond acceptors (Lipinski definition) is 5. The van der Waals surface area contributed by atoms with Gasteiger partial charge >= 0.3 is 0 Å². The van der Waals surface area contributed by atoms with Gasteiger partial charge in [0.05, 0.1) is 19.0 Å². The predicted molar refractivity (Wildman–Crippen MR) is 107 cm³/mol. The molecule has 4 aromatic rings. The third-order valence-corrected chi connectivity index (χ3v) is 4.89. The van der Waals surface area contributed by atoms with Crippen LogP contribution in [0.2, 0.25) is 10.0 Å². The number of halogens is 2. The first-order valence-corrected chi connectivity index (χ1v) is 8.89. The average Bonchev–Trinajstić information content (AvgIpc) is 3.08. The number of methoxy groups -OCH3 is 1. The lowest BCUT2D eigenvalue weighted by molar-refractivity contribution is 0.415. The highest BCUT2D eigenvalue weighted by molar-refractivity contribution is 6.35. The molecule has 0 aliphatic carbocycles. The molecule has 0 amide bonds. The van der Waals surface area contributed by atoms with Gasteiger partial charge in [-0.05, 0) is 36.4 Å². The number of benzene rings is 2. The summed E-state index contributed by atoms with van der Waals surface area (Å²) in [5.74, 6) is 1.62. The Kier molecular flexibility index (Phi) is 4.59. The monoisotopic (exact) mass is 399 g/mol. The molecule has 0 fully saturated rings. The number of fused-ring (bicyclic) bond motifs is 1. The number of nitrogens with two attached hydrogens (primary N) is 1. The average molecular weight is 400 g/mol. The van der Waals surface area contributed by atoms with E-state index in [1.807, 2.05) is 24.3 Å². The Bertz CT molecular complexity index is 1100. The van der Waals surface area contributed by atoms with Gasteiger partial charge in [-0.25, -0.2) is 9.97 Å². The topological polar surface area (TPSA) is 78.9 Å². The first-order chi connectivity index (χ1) is 13.0. The van der Waals surface area contributed by atoms with Gasteiger partial charge in [-0.3, -0.25) is 4.68 Å². The van der Waals surface area contributed by atoms with Crippen molar-refractivity contribution in [3.63, 3.8) is 0 Å². The molecule has 6 nitrogen and oxygen atoms in total. The molecule has 0 saturated carbocycles. The van der Waals surface area contributed by atoms with Crippen molar-refractivity contribution in [1.82, 2.24) is 19.7 Å². The molecule has 0 atom stereocenters. The summed E-state index contributed by atoms with van der Waals surface area (Å²) in [6.45, 7) is 0.409. The Hall–Kier alpha value is -2.83. The molecule has 136 valence electrons. The fraction of sp³-hybridized carbons (Fsp3) is 0.105. The zero-order valence-electron chi connectivity index (χ0n) is 14.4. The van der Waals surface area contributed by atoms with E-state index < -0.39 is 0 Å². The summed E-state index contributed by atoms with van der Waals surface area (Å²) < 4.78 is 6.88. The molecule has 2 aromatic heterocycles. The van der Waals surface area contributed by atoms with E-state index in [2.05, 4.69) is 15.1 Å². The van der Waals surface area contributed by atoms with Crippen molar-refractivity contribution in [3.05, 3.63) is 64.3 Å². The third-order valence-electron chi connectivity index (χ3n) is 4.19. The van der Waals surface area contributed by atoms with Crippen molar-refractivity contribution >= 4 is 40.1 Å². The molecule has 0 radical (unpaired) electrons. The summed E-state index contributed by atoms with van der Waals surface area (Å²) in [6.07, 6.45) is 1.79. The normalized spacial score (nSPS) is 11.1. The van der Waals surface area contributed by atoms with Crippen LogP contribution in [0.25, 0.3) is 22.4 Å². The maximum atomic E-state index is 6.25. The SMILES string of the molecule is COc1ccc(-c2nc(N)c3cn(Cc4c(Cl)cccc4Cl)nc3n2)cc1. The van der Waals surface area contributed by atoms with Crippen LogP contribution < -0.4 is 10.5 Å². The van der Waals surface area contributed by atoms with Crippen LogP contribution in [0.5, 0.6) is 5.75 Å². The van der Waals surface area contributed by atoms with Crippen LogP contribution in [0.1, 0.15) is 5.56 Å². The second kappa shape index (κ2) is 7.06. The Morgan fingerprint density at radius 2 is 1.74 bits per heavy atom. The van der Waals surface area contributed by atoms with E-state index in [0.717, 1.165) is 16.9 Å². The highest BCUT2D eigenvalue weighted by Crippen LogP contribution is 2.27. The van der Waals surface area contributed by atoms with Crippen LogP contribution in [0, 0.1) is 0 Å². The van der Waals surface area contributed by atoms with Crippen LogP contribution in [-0.4, -0.2) is 26.9 Å². The summed E-state index contributed by atoms with van der Waals surface area (Å²) in [5.41, 5.74) is 8.26. The zero-order valence-corrected chi connectivity index (χ0v) is 15.9. The highest BCUT2D eigenvalue weighted by atomic mass is 35.5. The minimum Gasteiger partial charge on any atom is -0.497 e. The molecule has 0 spiro atoms. The number of rotatable bonds is 4. The summed E-state index contributed by atoms with van der Waals surface area (Å²) in [7, 11) is 1.62. The van der Waals surface area contributed by atoms with Crippen LogP contribution in [0.3, 0.4) is 0 Å². The van der Waals surface area contributed by atoms with Crippen molar-refractivity contribution in [3.8, 4) is 17.1 Å². The molecule has 0 aliphatic rings. The van der Waals surface area contributed by atoms with E-state index in [4.69, 9.17) is 33.7 Å². The fourth-order valence-electron chi connectivity index (χ4n) is 2.77. The van der Waals surface area contributed by atoms with Crippen molar-refractivity contribution < 1.29 is 4.74 Å². The lowest BCUT2D eigenvalue weighted by Crippen LogP contribution is -2.01. The van der Waals surface area contributed by atoms with Crippen molar-refractivity contribution in [2.45, 2.75) is 6.54 Å². The molecule has 4 rings (SSSR count). The second-order valence-corrected chi connectivity index (χ2v) is 6.74. The minimum absolute atomic E-state index is 0.363. The van der Waals surface area contributed by atoms with E-state index in [1.54, 1.807) is 36.2 Å². The van der Waals surface area contributed by atoms with Crippen LogP contribution in [0.4, 0.5) is 5.82 Å². The van der Waals surface area contributed by atoms with E-state index >= 15 is 0 Å². The lowest BCUT2D eigenvalue weighted by atomic mass is 10.2. The number of anilines is 1. The van der Waals surface area contributed by atoms with E-state index in [1.165, 1.54) is 0 Å². The maximum absolute atomic E-state index is 6.25. The quantitative estimate of drug-likeness (QED) is 0.548. The van der Waals surface area contributed by atoms with Crippen molar-refractivity contribution in [1.29, 1.82) is 0 Å². The number of hydrogen-bond donors (Lipinski definition) is 1. The third kappa shape index (κ3) is 3.41. The van der Waals surface area contributed by atoms with Gasteiger partial charge in [-0.15, -0.1) is 0 Å². The number of ether oxygens (including phenoxy) is 1.